The Labute approximate surface area is 114 Å². The number of nitrogens with one attached hydrogen (secondary N) is 2. The van der Waals surface area contributed by atoms with Crippen LogP contribution >= 0.6 is 11.8 Å². The first kappa shape index (κ1) is 13.7. The molecule has 2 amide bonds. The molecule has 1 aliphatic rings. The molecule has 19 heavy (non-hydrogen) atoms. The van der Waals surface area contributed by atoms with Gasteiger partial charge < -0.3 is 10.4 Å². The second kappa shape index (κ2) is 5.52. The molecule has 0 saturated carbocycles. The van der Waals surface area contributed by atoms with Crippen molar-refractivity contribution in [2.24, 2.45) is 0 Å². The molecular weight excluding hydrogens is 268 g/mol. The van der Waals surface area contributed by atoms with Gasteiger partial charge in [-0.3, -0.25) is 10.00 Å². The second-order valence-electron chi connectivity index (χ2n) is 4.37. The zero-order chi connectivity index (χ0) is 14.0. The van der Waals surface area contributed by atoms with Gasteiger partial charge in [-0.25, -0.2) is 9.59 Å². The molecule has 3 N–H and O–H groups in total. The molecule has 104 valence electrons. The Balaban J connectivity index is 1.99. The molecule has 0 spiro atoms. The van der Waals surface area contributed by atoms with E-state index in [1.165, 1.54) is 16.7 Å². The van der Waals surface area contributed by atoms with Crippen molar-refractivity contribution in [3.8, 4) is 0 Å². The maximum atomic E-state index is 12.1. The van der Waals surface area contributed by atoms with Crippen LogP contribution in [0.4, 0.5) is 4.79 Å². The number of thioether (sulfide) groups is 1. The number of rotatable bonds is 3. The predicted octanol–water partition coefficient (Wildman–Crippen LogP) is 0.776. The summed E-state index contributed by atoms with van der Waals surface area (Å²) in [6.45, 7) is 4.03. The summed E-state index contributed by atoms with van der Waals surface area (Å²) in [7, 11) is 0. The minimum absolute atomic E-state index is 0.133. The number of urea groups is 1. The van der Waals surface area contributed by atoms with Gasteiger partial charge in [-0.1, -0.05) is 0 Å². The van der Waals surface area contributed by atoms with E-state index >= 15 is 0 Å². The maximum Gasteiger partial charge on any atom is 0.327 e. The van der Waals surface area contributed by atoms with E-state index in [-0.39, 0.29) is 11.4 Å². The van der Waals surface area contributed by atoms with E-state index in [0.717, 1.165) is 11.3 Å². The summed E-state index contributed by atoms with van der Waals surface area (Å²) in [6, 6.07) is -1.11. The van der Waals surface area contributed by atoms with E-state index in [1.807, 2.05) is 13.8 Å². The highest BCUT2D eigenvalue weighted by molar-refractivity contribution is 8.00. The Hall–Kier alpha value is -1.70. The van der Waals surface area contributed by atoms with Crippen molar-refractivity contribution in [2.75, 3.05) is 5.75 Å². The maximum absolute atomic E-state index is 12.1. The largest absolute Gasteiger partial charge is 0.480 e. The molecule has 2 atom stereocenters. The number of aromatic nitrogens is 2. The quantitative estimate of drug-likeness (QED) is 0.761. The number of carbonyl (C=O) groups excluding carboxylic acids is 1. The molecule has 1 aromatic rings. The summed E-state index contributed by atoms with van der Waals surface area (Å²) >= 11 is 1.46. The minimum atomic E-state index is -0.966. The number of carboxylic acids is 1. The molecule has 0 bridgehead atoms. The number of aromatic amines is 1. The molecule has 0 aliphatic carbocycles. The zero-order valence-electron chi connectivity index (χ0n) is 10.7. The Kier molecular flexibility index (Phi) is 3.98. The fraction of sp³-hybridized carbons (Fsp3) is 0.545. The van der Waals surface area contributed by atoms with Crippen molar-refractivity contribution in [1.82, 2.24) is 20.4 Å². The van der Waals surface area contributed by atoms with E-state index in [1.54, 1.807) is 6.20 Å². The van der Waals surface area contributed by atoms with Crippen molar-refractivity contribution in [3.63, 3.8) is 0 Å². The first-order valence-corrected chi connectivity index (χ1v) is 6.95. The Morgan fingerprint density at radius 3 is 3.00 bits per heavy atom. The first-order valence-electron chi connectivity index (χ1n) is 5.90. The number of nitrogens with zero attached hydrogens (tertiary/aromatic N) is 2. The summed E-state index contributed by atoms with van der Waals surface area (Å²) in [4.78, 5) is 24.6. The molecule has 1 saturated heterocycles. The molecule has 2 unspecified atom stereocenters. The average Bonchev–Trinajstić information content (AvgIpc) is 2.92. The van der Waals surface area contributed by atoms with Gasteiger partial charge >= 0.3 is 12.0 Å². The van der Waals surface area contributed by atoms with Gasteiger partial charge in [-0.2, -0.15) is 5.10 Å². The van der Waals surface area contributed by atoms with Gasteiger partial charge in [0.25, 0.3) is 0 Å². The number of hydrogen-bond donors (Lipinski definition) is 3. The number of amides is 2. The summed E-state index contributed by atoms with van der Waals surface area (Å²) in [5, 5.41) is 18.3. The third-order valence-electron chi connectivity index (χ3n) is 3.11. The number of aryl methyl sites for hydroxylation is 1. The molecule has 1 aromatic heterocycles. The molecule has 2 rings (SSSR count). The van der Waals surface area contributed by atoms with Crippen molar-refractivity contribution in [3.05, 3.63) is 17.5 Å². The monoisotopic (exact) mass is 284 g/mol. The minimum Gasteiger partial charge on any atom is -0.480 e. The van der Waals surface area contributed by atoms with Crippen LogP contribution in [-0.4, -0.2) is 49.4 Å². The molecular formula is C11H16N4O3S. The molecule has 1 fully saturated rings. The van der Waals surface area contributed by atoms with Gasteiger partial charge in [-0.15, -0.1) is 11.8 Å². The Bertz CT molecular complexity index is 490. The SMILES string of the molecule is Cc1[nH]ncc1CNC(=O)N1C(C)SCC1C(=O)O. The fourth-order valence-corrected chi connectivity index (χ4v) is 3.12. The molecule has 1 aliphatic heterocycles. The van der Waals surface area contributed by atoms with Gasteiger partial charge in [0, 0.05) is 23.6 Å². The third kappa shape index (κ3) is 2.83. The number of carboxylic acid groups (broad SMARTS) is 1. The zero-order valence-corrected chi connectivity index (χ0v) is 11.5. The standard InChI is InChI=1S/C11H16N4O3S/c1-6-8(4-13-14-6)3-12-11(18)15-7(2)19-5-9(15)10(16)17/h4,7,9H,3,5H2,1-2H3,(H,12,18)(H,13,14)(H,16,17). The van der Waals surface area contributed by atoms with Crippen LogP contribution in [0.15, 0.2) is 6.20 Å². The van der Waals surface area contributed by atoms with Gasteiger partial charge in [-0.05, 0) is 13.8 Å². The highest BCUT2D eigenvalue weighted by Crippen LogP contribution is 2.28. The van der Waals surface area contributed by atoms with E-state index in [0.29, 0.717) is 12.3 Å². The Morgan fingerprint density at radius 1 is 1.68 bits per heavy atom. The van der Waals surface area contributed by atoms with Crippen molar-refractivity contribution in [2.45, 2.75) is 31.8 Å². The van der Waals surface area contributed by atoms with Crippen LogP contribution in [-0.2, 0) is 11.3 Å². The lowest BCUT2D eigenvalue weighted by molar-refractivity contribution is -0.141. The van der Waals surface area contributed by atoms with Gasteiger partial charge in [0.1, 0.15) is 6.04 Å². The number of aliphatic carboxylic acids is 1. The molecule has 0 aromatic carbocycles. The number of hydrogen-bond acceptors (Lipinski definition) is 4. The lowest BCUT2D eigenvalue weighted by Crippen LogP contribution is -2.49. The van der Waals surface area contributed by atoms with E-state index < -0.39 is 12.0 Å². The van der Waals surface area contributed by atoms with Crippen LogP contribution in [0, 0.1) is 6.92 Å². The molecule has 7 nitrogen and oxygen atoms in total. The summed E-state index contributed by atoms with van der Waals surface area (Å²) < 4.78 is 0. The van der Waals surface area contributed by atoms with Crippen LogP contribution in [0.25, 0.3) is 0 Å². The fourth-order valence-electron chi connectivity index (χ4n) is 1.96. The van der Waals surface area contributed by atoms with E-state index in [4.69, 9.17) is 5.11 Å². The van der Waals surface area contributed by atoms with Crippen LogP contribution in [0.3, 0.4) is 0 Å². The van der Waals surface area contributed by atoms with Crippen molar-refractivity contribution in [1.29, 1.82) is 0 Å². The smallest absolute Gasteiger partial charge is 0.327 e. The Morgan fingerprint density at radius 2 is 2.42 bits per heavy atom. The summed E-state index contributed by atoms with van der Waals surface area (Å²) in [5.74, 6) is -0.541. The molecule has 8 heteroatoms. The number of H-pyrrole nitrogens is 1. The van der Waals surface area contributed by atoms with Gasteiger partial charge in [0.15, 0.2) is 0 Å². The highest BCUT2D eigenvalue weighted by Gasteiger charge is 2.39. The van der Waals surface area contributed by atoms with Crippen molar-refractivity contribution < 1.29 is 14.7 Å². The van der Waals surface area contributed by atoms with Crippen LogP contribution in [0.5, 0.6) is 0 Å². The van der Waals surface area contributed by atoms with Crippen LogP contribution in [0.1, 0.15) is 18.2 Å². The summed E-state index contributed by atoms with van der Waals surface area (Å²) in [5.41, 5.74) is 1.78. The van der Waals surface area contributed by atoms with Crippen molar-refractivity contribution >= 4 is 23.8 Å². The topological polar surface area (TPSA) is 98.3 Å². The second-order valence-corrected chi connectivity index (χ2v) is 5.72. The average molecular weight is 284 g/mol. The lowest BCUT2D eigenvalue weighted by atomic mass is 10.2. The van der Waals surface area contributed by atoms with Gasteiger partial charge in [0.05, 0.1) is 11.6 Å². The number of carbonyl (C=O) groups is 2. The van der Waals surface area contributed by atoms with Gasteiger partial charge in [0.2, 0.25) is 0 Å². The third-order valence-corrected chi connectivity index (χ3v) is 4.32. The van der Waals surface area contributed by atoms with E-state index in [2.05, 4.69) is 15.5 Å². The molecule has 0 radical (unpaired) electrons. The molecule has 2 heterocycles. The highest BCUT2D eigenvalue weighted by atomic mass is 32.2. The van der Waals surface area contributed by atoms with Crippen LogP contribution < -0.4 is 5.32 Å². The lowest BCUT2D eigenvalue weighted by Gasteiger charge is -2.25. The van der Waals surface area contributed by atoms with Crippen LogP contribution in [0.2, 0.25) is 0 Å². The van der Waals surface area contributed by atoms with E-state index in [9.17, 15) is 9.59 Å². The normalized spacial score (nSPS) is 22.5. The summed E-state index contributed by atoms with van der Waals surface area (Å²) in [6.07, 6.45) is 1.65. The predicted molar refractivity (Wildman–Crippen MR) is 70.7 cm³/mol. The first-order chi connectivity index (χ1) is 9.00.